The van der Waals surface area contributed by atoms with E-state index in [4.69, 9.17) is 19.7 Å². The second-order valence-corrected chi connectivity index (χ2v) is 10.6. The molecule has 4 aromatic rings. The van der Waals surface area contributed by atoms with Gasteiger partial charge in [0.2, 0.25) is 0 Å². The van der Waals surface area contributed by atoms with Crippen LogP contribution in [-0.4, -0.2) is 61.1 Å². The van der Waals surface area contributed by atoms with Crippen molar-refractivity contribution in [3.63, 3.8) is 0 Å². The number of fused-ring (bicyclic) bond motifs is 1. The summed E-state index contributed by atoms with van der Waals surface area (Å²) in [4.78, 5) is 18.7. The van der Waals surface area contributed by atoms with Crippen molar-refractivity contribution in [1.82, 2.24) is 24.2 Å². The summed E-state index contributed by atoms with van der Waals surface area (Å²) in [7, 11) is 0. The molecule has 2 aliphatic heterocycles. The van der Waals surface area contributed by atoms with Crippen molar-refractivity contribution in [3.05, 3.63) is 76.5 Å². The van der Waals surface area contributed by atoms with E-state index in [1.807, 2.05) is 6.07 Å². The number of aromatic carboxylic acids is 1. The first-order valence-corrected chi connectivity index (χ1v) is 13.8. The Hall–Kier alpha value is -4.78. The number of halogens is 1. The van der Waals surface area contributed by atoms with Gasteiger partial charge in [-0.2, -0.15) is 10.5 Å². The normalized spacial score (nSPS) is 17.5. The number of nitriles is 2. The molecular weight excluding hydrogens is 541 g/mol. The first-order chi connectivity index (χ1) is 20.4. The standard InChI is InChI=1S/C30H28FN7O4/c31-25-11-19(13-32)1-2-21(25)18-42-29-22(14-33)15-38(35-29)23-5-8-36(9-6-23)17-28-34-26-4-3-20(30(39)40)12-27(26)37(28)16-24-7-10-41-24/h1-4,11-12,15,23-24H,5-10,16-18H2,(H,39,40). The van der Waals surface area contributed by atoms with Gasteiger partial charge in [-0.1, -0.05) is 6.07 Å². The molecule has 2 saturated heterocycles. The molecule has 11 nitrogen and oxygen atoms in total. The molecule has 2 fully saturated rings. The van der Waals surface area contributed by atoms with Crippen LogP contribution in [0.5, 0.6) is 5.88 Å². The van der Waals surface area contributed by atoms with E-state index in [2.05, 4.69) is 20.6 Å². The Morgan fingerprint density at radius 3 is 2.62 bits per heavy atom. The largest absolute Gasteiger partial charge is 0.478 e. The zero-order chi connectivity index (χ0) is 29.2. The summed E-state index contributed by atoms with van der Waals surface area (Å²) in [6.07, 6.45) is 4.32. The number of hydrogen-bond acceptors (Lipinski definition) is 8. The molecule has 0 aliphatic carbocycles. The molecule has 6 rings (SSSR count). The number of rotatable bonds is 9. The highest BCUT2D eigenvalue weighted by molar-refractivity contribution is 5.92. The number of nitrogens with zero attached hydrogens (tertiary/aromatic N) is 7. The van der Waals surface area contributed by atoms with E-state index in [9.17, 15) is 19.6 Å². The molecular formula is C30H28FN7O4. The minimum atomic E-state index is -0.971. The van der Waals surface area contributed by atoms with E-state index in [0.29, 0.717) is 13.1 Å². The minimum absolute atomic E-state index is 0.0673. The molecule has 0 saturated carbocycles. The van der Waals surface area contributed by atoms with Crippen LogP contribution >= 0.6 is 0 Å². The minimum Gasteiger partial charge on any atom is -0.478 e. The molecule has 1 N–H and O–H groups in total. The highest BCUT2D eigenvalue weighted by Crippen LogP contribution is 2.28. The van der Waals surface area contributed by atoms with Crippen molar-refractivity contribution < 1.29 is 23.8 Å². The molecule has 2 aliphatic rings. The van der Waals surface area contributed by atoms with Crippen molar-refractivity contribution in [2.75, 3.05) is 19.7 Å². The van der Waals surface area contributed by atoms with Crippen LogP contribution in [0.25, 0.3) is 11.0 Å². The smallest absolute Gasteiger partial charge is 0.335 e. The number of ether oxygens (including phenoxy) is 2. The van der Waals surface area contributed by atoms with Crippen molar-refractivity contribution in [2.45, 2.75) is 51.1 Å². The van der Waals surface area contributed by atoms with E-state index in [1.54, 1.807) is 29.1 Å². The maximum absolute atomic E-state index is 14.3. The summed E-state index contributed by atoms with van der Waals surface area (Å²) in [5, 5.41) is 32.5. The second-order valence-electron chi connectivity index (χ2n) is 10.6. The number of imidazole rings is 1. The molecule has 2 aromatic carbocycles. The van der Waals surface area contributed by atoms with Crippen LogP contribution in [0.4, 0.5) is 4.39 Å². The fourth-order valence-corrected chi connectivity index (χ4v) is 5.43. The maximum Gasteiger partial charge on any atom is 0.335 e. The zero-order valence-electron chi connectivity index (χ0n) is 22.7. The fraction of sp³-hybridized carbons (Fsp3) is 0.367. The summed E-state index contributed by atoms with van der Waals surface area (Å²) < 4.78 is 29.5. The Morgan fingerprint density at radius 2 is 1.95 bits per heavy atom. The van der Waals surface area contributed by atoms with Gasteiger partial charge in [0.1, 0.15) is 29.9 Å². The van der Waals surface area contributed by atoms with Gasteiger partial charge in [-0.05, 0) is 49.6 Å². The molecule has 0 radical (unpaired) electrons. The highest BCUT2D eigenvalue weighted by Gasteiger charge is 2.27. The van der Waals surface area contributed by atoms with Crippen LogP contribution in [0.15, 0.2) is 42.6 Å². The molecule has 4 heterocycles. The molecule has 2 aromatic heterocycles. The number of carboxylic acids is 1. The number of carboxylic acid groups (broad SMARTS) is 1. The first-order valence-electron chi connectivity index (χ1n) is 13.8. The Labute approximate surface area is 240 Å². The average Bonchev–Trinajstić information content (AvgIpc) is 3.54. The SMILES string of the molecule is N#Cc1ccc(COc2nn(C3CCN(Cc4nc5ccc(C(=O)O)cc5n4CC4CCO4)CC3)cc2C#N)c(F)c1. The number of hydrogen-bond donors (Lipinski definition) is 1. The highest BCUT2D eigenvalue weighted by atomic mass is 19.1. The first kappa shape index (κ1) is 27.4. The topological polar surface area (TPSA) is 142 Å². The van der Waals surface area contributed by atoms with Gasteiger partial charge in [0, 0.05) is 31.5 Å². The van der Waals surface area contributed by atoms with Gasteiger partial charge in [0.05, 0.1) is 53.5 Å². The summed E-state index contributed by atoms with van der Waals surface area (Å²) in [5.41, 5.74) is 2.56. The lowest BCUT2D eigenvalue weighted by Gasteiger charge is -2.32. The second kappa shape index (κ2) is 11.6. The van der Waals surface area contributed by atoms with Gasteiger partial charge in [-0.3, -0.25) is 9.58 Å². The number of benzene rings is 2. The Morgan fingerprint density at radius 1 is 1.14 bits per heavy atom. The third-order valence-corrected chi connectivity index (χ3v) is 7.92. The van der Waals surface area contributed by atoms with Gasteiger partial charge in [0.15, 0.2) is 0 Å². The number of carbonyl (C=O) groups is 1. The van der Waals surface area contributed by atoms with Crippen LogP contribution in [-0.2, 0) is 24.4 Å². The maximum atomic E-state index is 14.3. The van der Waals surface area contributed by atoms with Gasteiger partial charge in [-0.25, -0.2) is 14.2 Å². The average molecular weight is 570 g/mol. The van der Waals surface area contributed by atoms with Crippen LogP contribution in [0.1, 0.15) is 58.2 Å². The van der Waals surface area contributed by atoms with Crippen LogP contribution in [0.2, 0.25) is 0 Å². The van der Waals surface area contributed by atoms with Crippen LogP contribution in [0, 0.1) is 28.5 Å². The molecule has 0 amide bonds. The Bertz CT molecular complexity index is 1720. The van der Waals surface area contributed by atoms with Crippen molar-refractivity contribution in [3.8, 4) is 18.0 Å². The van der Waals surface area contributed by atoms with Crippen molar-refractivity contribution >= 4 is 17.0 Å². The molecule has 1 unspecified atom stereocenters. The third kappa shape index (κ3) is 5.55. The quantitative estimate of drug-likeness (QED) is 0.316. The summed E-state index contributed by atoms with van der Waals surface area (Å²) in [5.74, 6) is -0.494. The summed E-state index contributed by atoms with van der Waals surface area (Å²) in [6.45, 7) is 3.43. The van der Waals surface area contributed by atoms with Crippen molar-refractivity contribution in [1.29, 1.82) is 10.5 Å². The molecule has 42 heavy (non-hydrogen) atoms. The molecule has 214 valence electrons. The van der Waals surface area contributed by atoms with E-state index < -0.39 is 11.8 Å². The van der Waals surface area contributed by atoms with Crippen LogP contribution < -0.4 is 4.74 Å². The number of aromatic nitrogens is 4. The van der Waals surface area contributed by atoms with Gasteiger partial charge < -0.3 is 19.1 Å². The molecule has 12 heteroatoms. The van der Waals surface area contributed by atoms with Crippen molar-refractivity contribution in [2.24, 2.45) is 0 Å². The lowest BCUT2D eigenvalue weighted by molar-refractivity contribution is -0.0592. The molecule has 0 spiro atoms. The number of piperidine rings is 1. The monoisotopic (exact) mass is 569 g/mol. The van der Waals surface area contributed by atoms with E-state index >= 15 is 0 Å². The molecule has 0 bridgehead atoms. The molecule has 1 atom stereocenters. The summed E-state index contributed by atoms with van der Waals surface area (Å²) in [6, 6.07) is 13.2. The Balaban J connectivity index is 1.12. The van der Waals surface area contributed by atoms with Crippen LogP contribution in [0.3, 0.4) is 0 Å². The van der Waals surface area contributed by atoms with Gasteiger partial charge >= 0.3 is 5.97 Å². The zero-order valence-corrected chi connectivity index (χ0v) is 22.7. The fourth-order valence-electron chi connectivity index (χ4n) is 5.43. The predicted octanol–water partition coefficient (Wildman–Crippen LogP) is 4.02. The van der Waals surface area contributed by atoms with E-state index in [0.717, 1.165) is 61.9 Å². The van der Waals surface area contributed by atoms with E-state index in [1.165, 1.54) is 12.1 Å². The third-order valence-electron chi connectivity index (χ3n) is 7.92. The lowest BCUT2D eigenvalue weighted by atomic mass is 10.1. The van der Waals surface area contributed by atoms with E-state index in [-0.39, 0.29) is 46.9 Å². The van der Waals surface area contributed by atoms with Gasteiger partial charge in [-0.15, -0.1) is 5.10 Å². The lowest BCUT2D eigenvalue weighted by Crippen LogP contribution is -2.36. The van der Waals surface area contributed by atoms with Gasteiger partial charge in [0.25, 0.3) is 5.88 Å². The summed E-state index contributed by atoms with van der Waals surface area (Å²) >= 11 is 0. The Kier molecular flexibility index (Phi) is 7.57. The predicted molar refractivity (Wildman–Crippen MR) is 147 cm³/mol. The number of likely N-dealkylation sites (tertiary alicyclic amines) is 1.